The minimum atomic E-state index is -0.0407. The molecule has 3 rings (SSSR count). The van der Waals surface area contributed by atoms with E-state index in [1.54, 1.807) is 14.2 Å². The zero-order chi connectivity index (χ0) is 17.8. The second kappa shape index (κ2) is 7.57. The van der Waals surface area contributed by atoms with Crippen LogP contribution in [0.1, 0.15) is 23.9 Å². The van der Waals surface area contributed by atoms with Crippen molar-refractivity contribution in [2.45, 2.75) is 33.1 Å². The van der Waals surface area contributed by atoms with Crippen LogP contribution in [0.5, 0.6) is 11.5 Å². The van der Waals surface area contributed by atoms with E-state index in [-0.39, 0.29) is 5.91 Å². The maximum atomic E-state index is 11.0. The molecule has 0 radical (unpaired) electrons. The van der Waals surface area contributed by atoms with Gasteiger partial charge < -0.3 is 14.8 Å². The van der Waals surface area contributed by atoms with E-state index in [1.165, 1.54) is 18.2 Å². The molecule has 0 atom stereocenters. The van der Waals surface area contributed by atoms with Gasteiger partial charge in [-0.05, 0) is 23.8 Å². The van der Waals surface area contributed by atoms with Gasteiger partial charge in [-0.15, -0.1) is 0 Å². The maximum Gasteiger partial charge on any atom is 0.217 e. The van der Waals surface area contributed by atoms with E-state index >= 15 is 0 Å². The van der Waals surface area contributed by atoms with Crippen LogP contribution in [0.15, 0.2) is 24.3 Å². The van der Waals surface area contributed by atoms with Crippen LogP contribution < -0.4 is 14.8 Å². The fourth-order valence-electron chi connectivity index (χ4n) is 3.05. The number of fused-ring (bicyclic) bond motifs is 1. The van der Waals surface area contributed by atoms with Crippen LogP contribution in [0, 0.1) is 0 Å². The molecule has 1 aliphatic rings. The summed E-state index contributed by atoms with van der Waals surface area (Å²) in [6, 6.07) is 8.09. The summed E-state index contributed by atoms with van der Waals surface area (Å²) in [4.78, 5) is 13.4. The van der Waals surface area contributed by atoms with Crippen LogP contribution >= 0.6 is 0 Å². The lowest BCUT2D eigenvalue weighted by Gasteiger charge is -2.27. The minimum Gasteiger partial charge on any atom is -0.493 e. The third-order valence-corrected chi connectivity index (χ3v) is 4.30. The van der Waals surface area contributed by atoms with Crippen LogP contribution in [0.2, 0.25) is 0 Å². The number of ether oxygens (including phenoxy) is 2. The van der Waals surface area contributed by atoms with Crippen LogP contribution in [0.4, 0.5) is 0 Å². The highest BCUT2D eigenvalue weighted by atomic mass is 16.5. The van der Waals surface area contributed by atoms with Gasteiger partial charge >= 0.3 is 0 Å². The molecule has 134 valence electrons. The van der Waals surface area contributed by atoms with Gasteiger partial charge in [0.2, 0.25) is 5.91 Å². The zero-order valence-corrected chi connectivity index (χ0v) is 14.9. The maximum absolute atomic E-state index is 11.0. The van der Waals surface area contributed by atoms with Crippen molar-refractivity contribution in [2.24, 2.45) is 0 Å². The monoisotopic (exact) mass is 344 g/mol. The smallest absolute Gasteiger partial charge is 0.217 e. The Hall–Kier alpha value is -2.54. The number of hydrogen-bond donors (Lipinski definition) is 1. The van der Waals surface area contributed by atoms with Crippen molar-refractivity contribution in [3.63, 3.8) is 0 Å². The summed E-state index contributed by atoms with van der Waals surface area (Å²) >= 11 is 0. The molecule has 1 N–H and O–H groups in total. The molecule has 1 aliphatic heterocycles. The van der Waals surface area contributed by atoms with Crippen molar-refractivity contribution < 1.29 is 14.3 Å². The number of aromatic nitrogens is 2. The lowest BCUT2D eigenvalue weighted by atomic mass is 10.1. The molecule has 0 fully saturated rings. The van der Waals surface area contributed by atoms with Crippen molar-refractivity contribution in [1.82, 2.24) is 20.0 Å². The first-order valence-electron chi connectivity index (χ1n) is 8.32. The molecule has 1 aromatic carbocycles. The number of nitrogens with one attached hydrogen (secondary N) is 1. The summed E-state index contributed by atoms with van der Waals surface area (Å²) in [6.45, 7) is 5.45. The Labute approximate surface area is 147 Å². The Balaban J connectivity index is 1.65. The Kier molecular flexibility index (Phi) is 5.23. The molecule has 1 aromatic heterocycles. The molecular formula is C18H24N4O3. The number of hydrogen-bond acceptors (Lipinski definition) is 5. The normalized spacial score (nSPS) is 14.0. The van der Waals surface area contributed by atoms with Crippen LogP contribution in [-0.4, -0.2) is 41.4 Å². The van der Waals surface area contributed by atoms with Crippen molar-refractivity contribution >= 4 is 5.91 Å². The van der Waals surface area contributed by atoms with E-state index in [2.05, 4.69) is 27.4 Å². The van der Waals surface area contributed by atoms with E-state index in [4.69, 9.17) is 9.47 Å². The molecule has 7 nitrogen and oxygen atoms in total. The minimum absolute atomic E-state index is 0.0407. The fraction of sp³-hybridized carbons (Fsp3) is 0.444. The highest BCUT2D eigenvalue weighted by Gasteiger charge is 2.19. The third-order valence-electron chi connectivity index (χ3n) is 4.30. The molecule has 25 heavy (non-hydrogen) atoms. The Morgan fingerprint density at radius 1 is 1.20 bits per heavy atom. The molecule has 2 heterocycles. The molecule has 0 saturated carbocycles. The van der Waals surface area contributed by atoms with Crippen molar-refractivity contribution in [1.29, 1.82) is 0 Å². The van der Waals surface area contributed by atoms with E-state index in [1.807, 2.05) is 16.8 Å². The largest absolute Gasteiger partial charge is 0.493 e. The summed E-state index contributed by atoms with van der Waals surface area (Å²) < 4.78 is 12.7. The average molecular weight is 344 g/mol. The Morgan fingerprint density at radius 2 is 2.00 bits per heavy atom. The first-order chi connectivity index (χ1) is 12.1. The molecular weight excluding hydrogens is 320 g/mol. The second-order valence-corrected chi connectivity index (χ2v) is 6.16. The molecule has 0 unspecified atom stereocenters. The molecule has 0 bridgehead atoms. The van der Waals surface area contributed by atoms with Gasteiger partial charge in [-0.25, -0.2) is 0 Å². The van der Waals surface area contributed by atoms with E-state index < -0.39 is 0 Å². The standard InChI is InChI=1S/C18H24N4O3/c1-13(23)19-10-15-9-16-12-21(6-7-22(16)20-15)11-14-4-5-17(24-2)18(8-14)25-3/h4-5,8-9H,6-7,10-12H2,1-3H3,(H,19,23). The molecule has 0 spiro atoms. The van der Waals surface area contributed by atoms with Crippen LogP contribution in [0.25, 0.3) is 0 Å². The first-order valence-corrected chi connectivity index (χ1v) is 8.32. The third kappa shape index (κ3) is 4.11. The van der Waals surface area contributed by atoms with Crippen LogP contribution in [-0.2, 0) is 31.0 Å². The topological polar surface area (TPSA) is 68.6 Å². The molecule has 7 heteroatoms. The van der Waals surface area contributed by atoms with Gasteiger partial charge in [-0.1, -0.05) is 6.07 Å². The SMILES string of the molecule is COc1ccc(CN2CCn3nc(CNC(C)=O)cc3C2)cc1OC. The number of methoxy groups -OCH3 is 2. The van der Waals surface area contributed by atoms with Crippen molar-refractivity contribution in [3.8, 4) is 11.5 Å². The number of benzene rings is 1. The highest BCUT2D eigenvalue weighted by Crippen LogP contribution is 2.28. The number of rotatable bonds is 6. The van der Waals surface area contributed by atoms with Crippen molar-refractivity contribution in [3.05, 3.63) is 41.2 Å². The van der Waals surface area contributed by atoms with Crippen LogP contribution in [0.3, 0.4) is 0 Å². The quantitative estimate of drug-likeness (QED) is 0.861. The van der Waals surface area contributed by atoms with Gasteiger partial charge in [0, 0.05) is 26.6 Å². The molecule has 0 saturated heterocycles. The summed E-state index contributed by atoms with van der Waals surface area (Å²) in [5.74, 6) is 1.45. The molecule has 2 aromatic rings. The predicted octanol–water partition coefficient (Wildman–Crippen LogP) is 1.55. The van der Waals surface area contributed by atoms with Gasteiger partial charge in [-0.3, -0.25) is 14.4 Å². The van der Waals surface area contributed by atoms with Crippen molar-refractivity contribution in [2.75, 3.05) is 20.8 Å². The summed E-state index contributed by atoms with van der Waals surface area (Å²) in [5, 5.41) is 7.34. The number of carbonyl (C=O) groups excluding carboxylic acids is 1. The Bertz CT molecular complexity index is 757. The molecule has 0 aliphatic carbocycles. The predicted molar refractivity (Wildman–Crippen MR) is 93.4 cm³/mol. The van der Waals surface area contributed by atoms with Gasteiger partial charge in [0.25, 0.3) is 0 Å². The number of nitrogens with zero attached hydrogens (tertiary/aromatic N) is 3. The highest BCUT2D eigenvalue weighted by molar-refractivity contribution is 5.72. The first kappa shape index (κ1) is 17.3. The van der Waals surface area contributed by atoms with Gasteiger partial charge in [0.05, 0.1) is 38.7 Å². The fourth-order valence-corrected chi connectivity index (χ4v) is 3.05. The van der Waals surface area contributed by atoms with E-state index in [9.17, 15) is 4.79 Å². The summed E-state index contributed by atoms with van der Waals surface area (Å²) in [7, 11) is 3.29. The molecule has 1 amide bonds. The second-order valence-electron chi connectivity index (χ2n) is 6.16. The summed E-state index contributed by atoms with van der Waals surface area (Å²) in [5.41, 5.74) is 3.26. The Morgan fingerprint density at radius 3 is 2.72 bits per heavy atom. The van der Waals surface area contributed by atoms with E-state index in [0.29, 0.717) is 6.54 Å². The van der Waals surface area contributed by atoms with Gasteiger partial charge in [0.1, 0.15) is 0 Å². The average Bonchev–Trinajstić information content (AvgIpc) is 3.02. The zero-order valence-electron chi connectivity index (χ0n) is 14.9. The van der Waals surface area contributed by atoms with E-state index in [0.717, 1.165) is 43.4 Å². The van der Waals surface area contributed by atoms with Gasteiger partial charge in [-0.2, -0.15) is 5.10 Å². The van der Waals surface area contributed by atoms with Gasteiger partial charge in [0.15, 0.2) is 11.5 Å². The lowest BCUT2D eigenvalue weighted by Crippen LogP contribution is -2.33. The summed E-state index contributed by atoms with van der Waals surface area (Å²) in [6.07, 6.45) is 0. The lowest BCUT2D eigenvalue weighted by molar-refractivity contribution is -0.119. The number of amides is 1. The number of carbonyl (C=O) groups is 1.